The van der Waals surface area contributed by atoms with Crippen molar-refractivity contribution in [3.05, 3.63) is 0 Å². The predicted molar refractivity (Wildman–Crippen MR) is 67.3 cm³/mol. The molecule has 0 heterocycles. The SMILES string of the molecule is CCN(C)CCNC(=O)C1(C#N)CCCCC1. The number of nitriles is 1. The summed E-state index contributed by atoms with van der Waals surface area (Å²) in [5, 5.41) is 12.2. The maximum atomic E-state index is 12.1. The summed E-state index contributed by atoms with van der Waals surface area (Å²) >= 11 is 0. The summed E-state index contributed by atoms with van der Waals surface area (Å²) in [7, 11) is 2.02. The summed E-state index contributed by atoms with van der Waals surface area (Å²) in [5.41, 5.74) is -0.747. The van der Waals surface area contributed by atoms with E-state index in [0.717, 1.165) is 45.2 Å². The molecule has 1 saturated carbocycles. The van der Waals surface area contributed by atoms with Crippen molar-refractivity contribution in [2.45, 2.75) is 39.0 Å². The van der Waals surface area contributed by atoms with Crippen molar-refractivity contribution >= 4 is 5.91 Å². The zero-order valence-electron chi connectivity index (χ0n) is 11.0. The Morgan fingerprint density at radius 3 is 2.59 bits per heavy atom. The molecule has 1 aliphatic rings. The molecular weight excluding hydrogens is 214 g/mol. The van der Waals surface area contributed by atoms with Crippen molar-refractivity contribution in [1.29, 1.82) is 5.26 Å². The molecule has 0 atom stereocenters. The largest absolute Gasteiger partial charge is 0.353 e. The summed E-state index contributed by atoms with van der Waals surface area (Å²) in [5.74, 6) is -0.0656. The van der Waals surface area contributed by atoms with Crippen molar-refractivity contribution in [3.63, 3.8) is 0 Å². The van der Waals surface area contributed by atoms with Crippen LogP contribution >= 0.6 is 0 Å². The Morgan fingerprint density at radius 1 is 1.41 bits per heavy atom. The molecule has 0 bridgehead atoms. The number of likely N-dealkylation sites (N-methyl/N-ethyl adjacent to an activating group) is 1. The molecule has 0 radical (unpaired) electrons. The van der Waals surface area contributed by atoms with Crippen LogP contribution in [0, 0.1) is 16.7 Å². The Balaban J connectivity index is 2.42. The molecule has 0 saturated heterocycles. The molecule has 1 amide bonds. The van der Waals surface area contributed by atoms with Gasteiger partial charge >= 0.3 is 0 Å². The Bertz CT molecular complexity index is 290. The zero-order valence-corrected chi connectivity index (χ0v) is 11.0. The Morgan fingerprint density at radius 2 is 2.06 bits per heavy atom. The smallest absolute Gasteiger partial charge is 0.240 e. The molecule has 0 aromatic carbocycles. The van der Waals surface area contributed by atoms with E-state index >= 15 is 0 Å². The van der Waals surface area contributed by atoms with Crippen molar-refractivity contribution in [3.8, 4) is 6.07 Å². The topological polar surface area (TPSA) is 56.1 Å². The lowest BCUT2D eigenvalue weighted by atomic mass is 9.74. The van der Waals surface area contributed by atoms with Gasteiger partial charge in [0.1, 0.15) is 5.41 Å². The molecule has 17 heavy (non-hydrogen) atoms. The van der Waals surface area contributed by atoms with Crippen molar-refractivity contribution in [2.75, 3.05) is 26.7 Å². The predicted octanol–water partition coefficient (Wildman–Crippen LogP) is 1.53. The number of nitrogens with zero attached hydrogens (tertiary/aromatic N) is 2. The molecule has 0 unspecified atom stereocenters. The average molecular weight is 237 g/mol. The van der Waals surface area contributed by atoms with E-state index in [2.05, 4.69) is 23.2 Å². The molecule has 0 aromatic heterocycles. The van der Waals surface area contributed by atoms with Crippen LogP contribution in [-0.2, 0) is 4.79 Å². The highest BCUT2D eigenvalue weighted by Crippen LogP contribution is 2.35. The standard InChI is InChI=1S/C13H23N3O/c1-3-16(2)10-9-15-12(17)13(11-14)7-5-4-6-8-13/h3-10H2,1-2H3,(H,15,17). The molecule has 96 valence electrons. The minimum absolute atomic E-state index is 0.0656. The van der Waals surface area contributed by atoms with Gasteiger partial charge in [-0.05, 0) is 26.4 Å². The Labute approximate surface area is 104 Å². The minimum atomic E-state index is -0.747. The van der Waals surface area contributed by atoms with Crippen LogP contribution in [-0.4, -0.2) is 37.5 Å². The van der Waals surface area contributed by atoms with Crippen molar-refractivity contribution in [2.24, 2.45) is 5.41 Å². The lowest BCUT2D eigenvalue weighted by Gasteiger charge is -2.29. The molecular formula is C13H23N3O. The molecule has 1 N–H and O–H groups in total. The highest BCUT2D eigenvalue weighted by Gasteiger charge is 2.39. The van der Waals surface area contributed by atoms with Gasteiger partial charge in [-0.25, -0.2) is 0 Å². The molecule has 1 aliphatic carbocycles. The van der Waals surface area contributed by atoms with Crippen LogP contribution in [0.1, 0.15) is 39.0 Å². The third-order valence-electron chi connectivity index (χ3n) is 3.67. The van der Waals surface area contributed by atoms with E-state index in [1.165, 1.54) is 0 Å². The average Bonchev–Trinajstić information content (AvgIpc) is 2.39. The summed E-state index contributed by atoms with van der Waals surface area (Å²) < 4.78 is 0. The molecule has 0 spiro atoms. The third kappa shape index (κ3) is 3.71. The van der Waals surface area contributed by atoms with E-state index in [1.54, 1.807) is 0 Å². The second kappa shape index (κ2) is 6.61. The van der Waals surface area contributed by atoms with Crippen LogP contribution in [0.2, 0.25) is 0 Å². The fourth-order valence-corrected chi connectivity index (χ4v) is 2.23. The Kier molecular flexibility index (Phi) is 5.43. The van der Waals surface area contributed by atoms with E-state index in [0.29, 0.717) is 6.54 Å². The lowest BCUT2D eigenvalue weighted by Crippen LogP contribution is -2.43. The number of nitrogens with one attached hydrogen (secondary N) is 1. The summed E-state index contributed by atoms with van der Waals surface area (Å²) in [4.78, 5) is 14.2. The van der Waals surface area contributed by atoms with E-state index in [4.69, 9.17) is 0 Å². The quantitative estimate of drug-likeness (QED) is 0.789. The third-order valence-corrected chi connectivity index (χ3v) is 3.67. The first-order chi connectivity index (χ1) is 8.14. The second-order valence-corrected chi connectivity index (χ2v) is 4.91. The van der Waals surface area contributed by atoms with Crippen LogP contribution < -0.4 is 5.32 Å². The summed E-state index contributed by atoms with van der Waals surface area (Å²) in [6.45, 7) is 4.52. The highest BCUT2D eigenvalue weighted by atomic mass is 16.2. The molecule has 4 nitrogen and oxygen atoms in total. The number of hydrogen-bond donors (Lipinski definition) is 1. The Hall–Kier alpha value is -1.08. The maximum Gasteiger partial charge on any atom is 0.240 e. The van der Waals surface area contributed by atoms with E-state index < -0.39 is 5.41 Å². The number of rotatable bonds is 5. The maximum absolute atomic E-state index is 12.1. The molecule has 1 rings (SSSR count). The van der Waals surface area contributed by atoms with Crippen molar-refractivity contribution in [1.82, 2.24) is 10.2 Å². The first-order valence-electron chi connectivity index (χ1n) is 6.53. The molecule has 1 fully saturated rings. The van der Waals surface area contributed by atoms with Gasteiger partial charge in [0, 0.05) is 13.1 Å². The van der Waals surface area contributed by atoms with Crippen molar-refractivity contribution < 1.29 is 4.79 Å². The van der Waals surface area contributed by atoms with E-state index in [1.807, 2.05) is 7.05 Å². The normalized spacial score (nSPS) is 18.7. The molecule has 0 aliphatic heterocycles. The minimum Gasteiger partial charge on any atom is -0.353 e. The van der Waals surface area contributed by atoms with Crippen LogP contribution in [0.4, 0.5) is 0 Å². The van der Waals surface area contributed by atoms with Gasteiger partial charge in [-0.3, -0.25) is 4.79 Å². The van der Waals surface area contributed by atoms with Gasteiger partial charge in [0.2, 0.25) is 5.91 Å². The monoisotopic (exact) mass is 237 g/mol. The molecule has 4 heteroatoms. The van der Waals surface area contributed by atoms with Gasteiger partial charge in [0.15, 0.2) is 0 Å². The van der Waals surface area contributed by atoms with E-state index in [9.17, 15) is 10.1 Å². The fourth-order valence-electron chi connectivity index (χ4n) is 2.23. The number of hydrogen-bond acceptors (Lipinski definition) is 3. The van der Waals surface area contributed by atoms with Crippen LogP contribution in [0.5, 0.6) is 0 Å². The van der Waals surface area contributed by atoms with Gasteiger partial charge in [-0.1, -0.05) is 26.2 Å². The number of carbonyl (C=O) groups excluding carboxylic acids is 1. The van der Waals surface area contributed by atoms with E-state index in [-0.39, 0.29) is 5.91 Å². The van der Waals surface area contributed by atoms with Gasteiger partial charge in [-0.2, -0.15) is 5.26 Å². The van der Waals surface area contributed by atoms with Crippen LogP contribution in [0.15, 0.2) is 0 Å². The first kappa shape index (κ1) is 14.0. The lowest BCUT2D eigenvalue weighted by molar-refractivity contribution is -0.129. The summed E-state index contributed by atoms with van der Waals surface area (Å²) in [6.07, 6.45) is 4.58. The van der Waals surface area contributed by atoms with Crippen LogP contribution in [0.25, 0.3) is 0 Å². The van der Waals surface area contributed by atoms with Crippen LogP contribution in [0.3, 0.4) is 0 Å². The zero-order chi connectivity index (χ0) is 12.7. The first-order valence-corrected chi connectivity index (χ1v) is 6.53. The molecule has 0 aromatic rings. The van der Waals surface area contributed by atoms with Gasteiger partial charge in [-0.15, -0.1) is 0 Å². The number of amides is 1. The van der Waals surface area contributed by atoms with Gasteiger partial charge in [0.05, 0.1) is 6.07 Å². The number of carbonyl (C=O) groups is 1. The summed E-state index contributed by atoms with van der Waals surface area (Å²) in [6, 6.07) is 2.24. The second-order valence-electron chi connectivity index (χ2n) is 4.91. The van der Waals surface area contributed by atoms with Gasteiger partial charge < -0.3 is 10.2 Å². The highest BCUT2D eigenvalue weighted by molar-refractivity contribution is 5.85. The van der Waals surface area contributed by atoms with Gasteiger partial charge in [0.25, 0.3) is 0 Å². The fraction of sp³-hybridized carbons (Fsp3) is 0.846.